The van der Waals surface area contributed by atoms with E-state index < -0.39 is 0 Å². The molecule has 2 aromatic heterocycles. The van der Waals surface area contributed by atoms with Gasteiger partial charge < -0.3 is 5.73 Å². The van der Waals surface area contributed by atoms with Crippen LogP contribution in [-0.2, 0) is 6.54 Å². The molecule has 0 fully saturated rings. The first-order valence-corrected chi connectivity index (χ1v) is 7.61. The molecule has 2 heterocycles. The van der Waals surface area contributed by atoms with E-state index >= 15 is 0 Å². The van der Waals surface area contributed by atoms with Crippen LogP contribution in [-0.4, -0.2) is 15.9 Å². The minimum atomic E-state index is -0.198. The highest BCUT2D eigenvalue weighted by Crippen LogP contribution is 2.24. The van der Waals surface area contributed by atoms with Gasteiger partial charge in [0, 0.05) is 35.4 Å². The standard InChI is InChI=1S/C16H14N4OS/c17-9-12-3-1-2-4-13(12)15(21)20-16-19-14(10-22-16)11-5-7-18-8-6-11/h1-8,10H,9,17H2,(H,19,20,21). The molecule has 0 radical (unpaired) electrons. The van der Waals surface area contributed by atoms with E-state index in [-0.39, 0.29) is 5.91 Å². The molecule has 3 aromatic rings. The predicted octanol–water partition coefficient (Wildman–Crippen LogP) is 2.92. The Morgan fingerprint density at radius 2 is 1.95 bits per heavy atom. The van der Waals surface area contributed by atoms with E-state index in [4.69, 9.17) is 5.73 Å². The van der Waals surface area contributed by atoms with Crippen LogP contribution in [0, 0.1) is 0 Å². The summed E-state index contributed by atoms with van der Waals surface area (Å²) in [5.74, 6) is -0.198. The predicted molar refractivity (Wildman–Crippen MR) is 87.6 cm³/mol. The van der Waals surface area contributed by atoms with Crippen molar-refractivity contribution in [1.82, 2.24) is 9.97 Å². The number of carbonyl (C=O) groups excluding carboxylic acids is 1. The lowest BCUT2D eigenvalue weighted by Gasteiger charge is -2.06. The normalized spacial score (nSPS) is 10.4. The number of hydrogen-bond donors (Lipinski definition) is 2. The number of aromatic nitrogens is 2. The maximum absolute atomic E-state index is 12.3. The van der Waals surface area contributed by atoms with Crippen LogP contribution in [0.25, 0.3) is 11.3 Å². The van der Waals surface area contributed by atoms with Crippen molar-refractivity contribution in [2.24, 2.45) is 5.73 Å². The quantitative estimate of drug-likeness (QED) is 0.776. The minimum absolute atomic E-state index is 0.198. The Balaban J connectivity index is 1.79. The Labute approximate surface area is 131 Å². The number of amides is 1. The van der Waals surface area contributed by atoms with Crippen molar-refractivity contribution in [2.75, 3.05) is 5.32 Å². The highest BCUT2D eigenvalue weighted by molar-refractivity contribution is 7.14. The van der Waals surface area contributed by atoms with Gasteiger partial charge in [0.05, 0.1) is 5.69 Å². The van der Waals surface area contributed by atoms with Gasteiger partial charge in [-0.2, -0.15) is 0 Å². The zero-order valence-corrected chi connectivity index (χ0v) is 12.5. The van der Waals surface area contributed by atoms with Gasteiger partial charge in [0.1, 0.15) is 0 Å². The van der Waals surface area contributed by atoms with Crippen LogP contribution in [0.3, 0.4) is 0 Å². The Morgan fingerprint density at radius 3 is 2.73 bits per heavy atom. The van der Waals surface area contributed by atoms with Crippen molar-refractivity contribution in [1.29, 1.82) is 0 Å². The maximum Gasteiger partial charge on any atom is 0.257 e. The van der Waals surface area contributed by atoms with Crippen molar-refractivity contribution in [3.05, 3.63) is 65.3 Å². The number of benzene rings is 1. The number of anilines is 1. The third-order valence-corrected chi connectivity index (χ3v) is 3.94. The number of rotatable bonds is 4. The summed E-state index contributed by atoms with van der Waals surface area (Å²) in [7, 11) is 0. The summed E-state index contributed by atoms with van der Waals surface area (Å²) < 4.78 is 0. The molecule has 0 saturated carbocycles. The van der Waals surface area contributed by atoms with E-state index in [1.54, 1.807) is 18.5 Å². The molecule has 0 atom stereocenters. The molecule has 0 aliphatic rings. The zero-order chi connectivity index (χ0) is 15.4. The van der Waals surface area contributed by atoms with E-state index in [1.165, 1.54) is 11.3 Å². The van der Waals surface area contributed by atoms with Crippen molar-refractivity contribution in [2.45, 2.75) is 6.54 Å². The molecule has 0 aliphatic carbocycles. The van der Waals surface area contributed by atoms with Crippen LogP contribution in [0.1, 0.15) is 15.9 Å². The summed E-state index contributed by atoms with van der Waals surface area (Å²) in [6, 6.07) is 11.0. The van der Waals surface area contributed by atoms with Crippen LogP contribution in [0.4, 0.5) is 5.13 Å². The lowest BCUT2D eigenvalue weighted by Crippen LogP contribution is -2.15. The molecule has 0 unspecified atom stereocenters. The average Bonchev–Trinajstić information content (AvgIpc) is 3.04. The SMILES string of the molecule is NCc1ccccc1C(=O)Nc1nc(-c2ccncc2)cs1. The van der Waals surface area contributed by atoms with E-state index in [2.05, 4.69) is 15.3 Å². The lowest BCUT2D eigenvalue weighted by atomic mass is 10.1. The Morgan fingerprint density at radius 1 is 1.18 bits per heavy atom. The smallest absolute Gasteiger partial charge is 0.257 e. The summed E-state index contributed by atoms with van der Waals surface area (Å²) in [5.41, 5.74) is 8.83. The van der Waals surface area contributed by atoms with Crippen LogP contribution in [0.2, 0.25) is 0 Å². The third-order valence-electron chi connectivity index (χ3n) is 3.18. The molecule has 1 aromatic carbocycles. The first-order chi connectivity index (χ1) is 10.8. The van der Waals surface area contributed by atoms with Crippen molar-refractivity contribution < 1.29 is 4.79 Å². The van der Waals surface area contributed by atoms with Gasteiger partial charge in [-0.15, -0.1) is 11.3 Å². The summed E-state index contributed by atoms with van der Waals surface area (Å²) in [6.07, 6.45) is 3.43. The van der Waals surface area contributed by atoms with Crippen LogP contribution in [0.15, 0.2) is 54.2 Å². The summed E-state index contributed by atoms with van der Waals surface area (Å²) in [4.78, 5) is 20.7. The minimum Gasteiger partial charge on any atom is -0.326 e. The molecule has 0 bridgehead atoms. The second kappa shape index (κ2) is 6.46. The fraction of sp³-hybridized carbons (Fsp3) is 0.0625. The molecule has 0 saturated heterocycles. The summed E-state index contributed by atoms with van der Waals surface area (Å²) >= 11 is 1.39. The van der Waals surface area contributed by atoms with Crippen molar-refractivity contribution in [3.63, 3.8) is 0 Å². The van der Waals surface area contributed by atoms with Crippen LogP contribution >= 0.6 is 11.3 Å². The van der Waals surface area contributed by atoms with E-state index in [0.717, 1.165) is 16.8 Å². The highest BCUT2D eigenvalue weighted by atomic mass is 32.1. The number of thiazole rings is 1. The fourth-order valence-corrected chi connectivity index (χ4v) is 2.79. The molecule has 1 amide bonds. The molecule has 0 spiro atoms. The molecule has 5 nitrogen and oxygen atoms in total. The molecule has 110 valence electrons. The molecule has 0 aliphatic heterocycles. The summed E-state index contributed by atoms with van der Waals surface area (Å²) in [5, 5.41) is 5.28. The second-order valence-electron chi connectivity index (χ2n) is 4.59. The zero-order valence-electron chi connectivity index (χ0n) is 11.7. The molecule has 3 rings (SSSR count). The van der Waals surface area contributed by atoms with Gasteiger partial charge in [0.25, 0.3) is 5.91 Å². The first kappa shape index (κ1) is 14.4. The number of hydrogen-bond acceptors (Lipinski definition) is 5. The number of pyridine rings is 1. The Bertz CT molecular complexity index is 786. The molecular weight excluding hydrogens is 296 g/mol. The van der Waals surface area contributed by atoms with E-state index in [0.29, 0.717) is 17.2 Å². The topological polar surface area (TPSA) is 80.9 Å². The van der Waals surface area contributed by atoms with Gasteiger partial charge in [-0.3, -0.25) is 15.1 Å². The largest absolute Gasteiger partial charge is 0.326 e. The highest BCUT2D eigenvalue weighted by Gasteiger charge is 2.12. The van der Waals surface area contributed by atoms with Gasteiger partial charge in [0.2, 0.25) is 0 Å². The van der Waals surface area contributed by atoms with Crippen LogP contribution in [0.5, 0.6) is 0 Å². The Kier molecular flexibility index (Phi) is 4.22. The van der Waals surface area contributed by atoms with Gasteiger partial charge in [-0.1, -0.05) is 18.2 Å². The monoisotopic (exact) mass is 310 g/mol. The van der Waals surface area contributed by atoms with Crippen LogP contribution < -0.4 is 11.1 Å². The second-order valence-corrected chi connectivity index (χ2v) is 5.45. The van der Waals surface area contributed by atoms with Gasteiger partial charge in [0.15, 0.2) is 5.13 Å². The lowest BCUT2D eigenvalue weighted by molar-refractivity contribution is 0.102. The van der Waals surface area contributed by atoms with Gasteiger partial charge >= 0.3 is 0 Å². The maximum atomic E-state index is 12.3. The molecule has 6 heteroatoms. The summed E-state index contributed by atoms with van der Waals surface area (Å²) in [6.45, 7) is 0.323. The number of nitrogens with one attached hydrogen (secondary N) is 1. The fourth-order valence-electron chi connectivity index (χ4n) is 2.07. The first-order valence-electron chi connectivity index (χ1n) is 6.73. The van der Waals surface area contributed by atoms with E-state index in [9.17, 15) is 4.79 Å². The number of nitrogens with two attached hydrogens (primary N) is 1. The molecule has 22 heavy (non-hydrogen) atoms. The van der Waals surface area contributed by atoms with Gasteiger partial charge in [-0.05, 0) is 23.8 Å². The third kappa shape index (κ3) is 3.03. The van der Waals surface area contributed by atoms with Crippen molar-refractivity contribution >= 4 is 22.4 Å². The molecule has 3 N–H and O–H groups in total. The molecular formula is C16H14N4OS. The average molecular weight is 310 g/mol. The van der Waals surface area contributed by atoms with Gasteiger partial charge in [-0.25, -0.2) is 4.98 Å². The van der Waals surface area contributed by atoms with Crippen molar-refractivity contribution in [3.8, 4) is 11.3 Å². The number of carbonyl (C=O) groups is 1. The Hall–Kier alpha value is -2.57. The number of nitrogens with zero attached hydrogens (tertiary/aromatic N) is 2. The van der Waals surface area contributed by atoms with E-state index in [1.807, 2.05) is 35.7 Å².